The van der Waals surface area contributed by atoms with Crippen LogP contribution in [0, 0.1) is 27.2 Å². The van der Waals surface area contributed by atoms with Crippen molar-refractivity contribution in [3.05, 3.63) is 67.8 Å². The van der Waals surface area contributed by atoms with Gasteiger partial charge in [-0.2, -0.15) is 0 Å². The predicted octanol–water partition coefficient (Wildman–Crippen LogP) is 3.93. The van der Waals surface area contributed by atoms with Crippen molar-refractivity contribution in [2.24, 2.45) is 0 Å². The van der Waals surface area contributed by atoms with Crippen LogP contribution in [0.1, 0.15) is 35.2 Å². The van der Waals surface area contributed by atoms with Gasteiger partial charge in [0, 0.05) is 30.8 Å². The van der Waals surface area contributed by atoms with Gasteiger partial charge in [0.2, 0.25) is 0 Å². The third-order valence-corrected chi connectivity index (χ3v) is 5.16. The van der Waals surface area contributed by atoms with E-state index in [9.17, 15) is 25.0 Å². The maximum atomic E-state index is 12.6. The molecule has 1 aliphatic rings. The molecule has 0 radical (unpaired) electrons. The first-order valence-electron chi connectivity index (χ1n) is 9.67. The van der Waals surface area contributed by atoms with Gasteiger partial charge in [0.05, 0.1) is 9.85 Å². The largest absolute Gasteiger partial charge is 0.366 e. The van der Waals surface area contributed by atoms with E-state index in [2.05, 4.69) is 10.6 Å². The van der Waals surface area contributed by atoms with Crippen LogP contribution in [-0.4, -0.2) is 34.0 Å². The molecule has 0 atom stereocenters. The minimum absolute atomic E-state index is 0.0648. The van der Waals surface area contributed by atoms with Crippen molar-refractivity contribution >= 4 is 46.0 Å². The van der Waals surface area contributed by atoms with Gasteiger partial charge < -0.3 is 10.2 Å². The molecule has 1 amide bonds. The van der Waals surface area contributed by atoms with Crippen LogP contribution >= 0.6 is 12.2 Å². The molecule has 0 unspecified atom stereocenters. The van der Waals surface area contributed by atoms with Crippen molar-refractivity contribution in [2.75, 3.05) is 23.3 Å². The monoisotopic (exact) mass is 443 g/mol. The van der Waals surface area contributed by atoms with Crippen LogP contribution in [0.3, 0.4) is 0 Å². The van der Waals surface area contributed by atoms with Crippen LogP contribution in [-0.2, 0) is 0 Å². The molecule has 162 valence electrons. The number of aryl methyl sites for hydroxylation is 1. The van der Waals surface area contributed by atoms with Gasteiger partial charge in [0.15, 0.2) is 5.11 Å². The number of rotatable bonds is 5. The van der Waals surface area contributed by atoms with E-state index in [1.54, 1.807) is 19.1 Å². The van der Waals surface area contributed by atoms with Gasteiger partial charge in [-0.05, 0) is 62.2 Å². The lowest BCUT2D eigenvalue weighted by molar-refractivity contribution is -0.384. The predicted molar refractivity (Wildman–Crippen MR) is 121 cm³/mol. The fraction of sp³-hybridized carbons (Fsp3) is 0.300. The number of carbonyl (C=O) groups is 1. The molecule has 10 nitrogen and oxygen atoms in total. The van der Waals surface area contributed by atoms with Gasteiger partial charge in [-0.25, -0.2) is 0 Å². The molecule has 1 fully saturated rings. The zero-order chi connectivity index (χ0) is 22.5. The Morgan fingerprint density at radius 1 is 1.00 bits per heavy atom. The van der Waals surface area contributed by atoms with E-state index in [0.717, 1.165) is 32.4 Å². The Hall–Kier alpha value is -3.60. The quantitative estimate of drug-likeness (QED) is 0.404. The van der Waals surface area contributed by atoms with Crippen molar-refractivity contribution in [2.45, 2.75) is 26.2 Å². The summed E-state index contributed by atoms with van der Waals surface area (Å²) in [5, 5.41) is 27.7. The number of anilines is 2. The van der Waals surface area contributed by atoms with E-state index in [-0.39, 0.29) is 27.7 Å². The molecule has 0 aromatic heterocycles. The third kappa shape index (κ3) is 5.31. The summed E-state index contributed by atoms with van der Waals surface area (Å²) in [6, 6.07) is 8.83. The number of nitrogens with one attached hydrogen (secondary N) is 2. The molecule has 2 aromatic rings. The summed E-state index contributed by atoms with van der Waals surface area (Å²) in [5.74, 6) is -0.652. The Morgan fingerprint density at radius 3 is 2.32 bits per heavy atom. The summed E-state index contributed by atoms with van der Waals surface area (Å²) in [6.45, 7) is 3.18. The molecule has 2 aromatic carbocycles. The van der Waals surface area contributed by atoms with E-state index in [0.29, 0.717) is 11.3 Å². The Bertz CT molecular complexity index is 1050. The minimum atomic E-state index is -0.652. The number of hydrogen-bond donors (Lipinski definition) is 2. The topological polar surface area (TPSA) is 131 Å². The summed E-state index contributed by atoms with van der Waals surface area (Å²) >= 11 is 5.10. The summed E-state index contributed by atoms with van der Waals surface area (Å²) in [5.41, 5.74) is 1.05. The Kier molecular flexibility index (Phi) is 6.75. The van der Waals surface area contributed by atoms with Crippen molar-refractivity contribution in [1.82, 2.24) is 5.32 Å². The Morgan fingerprint density at radius 2 is 1.68 bits per heavy atom. The molecule has 1 aliphatic heterocycles. The number of nitro groups is 2. The number of nitrogens with zero attached hydrogens (tertiary/aromatic N) is 3. The summed E-state index contributed by atoms with van der Waals surface area (Å²) in [4.78, 5) is 36.3. The summed E-state index contributed by atoms with van der Waals surface area (Å²) < 4.78 is 0. The highest BCUT2D eigenvalue weighted by Gasteiger charge is 2.23. The van der Waals surface area contributed by atoms with E-state index >= 15 is 0 Å². The highest BCUT2D eigenvalue weighted by atomic mass is 32.1. The van der Waals surface area contributed by atoms with Gasteiger partial charge in [0.25, 0.3) is 17.3 Å². The first-order valence-corrected chi connectivity index (χ1v) is 10.1. The van der Waals surface area contributed by atoms with E-state index in [1.807, 2.05) is 4.90 Å². The average Bonchev–Trinajstić information content (AvgIpc) is 2.74. The minimum Gasteiger partial charge on any atom is -0.366 e. The first-order chi connectivity index (χ1) is 14.8. The number of nitro benzene ring substituents is 2. The van der Waals surface area contributed by atoms with Crippen LogP contribution in [0.4, 0.5) is 22.7 Å². The SMILES string of the molecule is Cc1ccc(NC(=S)NC(=O)c2ccc(N3CCCCC3)c([N+](=O)[O-])c2)c([N+](=O)[O-])c1. The smallest absolute Gasteiger partial charge is 0.293 e. The van der Waals surface area contributed by atoms with Gasteiger partial charge in [0.1, 0.15) is 11.4 Å². The molecule has 0 aliphatic carbocycles. The molecule has 11 heteroatoms. The van der Waals surface area contributed by atoms with Crippen LogP contribution in [0.25, 0.3) is 0 Å². The normalized spacial score (nSPS) is 13.4. The molecule has 1 saturated heterocycles. The van der Waals surface area contributed by atoms with Gasteiger partial charge in [-0.15, -0.1) is 0 Å². The highest BCUT2D eigenvalue weighted by Crippen LogP contribution is 2.31. The second-order valence-electron chi connectivity index (χ2n) is 7.19. The number of thiocarbonyl (C=S) groups is 1. The summed E-state index contributed by atoms with van der Waals surface area (Å²) in [6.07, 6.45) is 3.02. The maximum absolute atomic E-state index is 12.6. The van der Waals surface area contributed by atoms with Crippen LogP contribution in [0.15, 0.2) is 36.4 Å². The van der Waals surface area contributed by atoms with E-state index in [4.69, 9.17) is 12.2 Å². The summed E-state index contributed by atoms with van der Waals surface area (Å²) in [7, 11) is 0. The lowest BCUT2D eigenvalue weighted by atomic mass is 10.1. The number of amides is 1. The second kappa shape index (κ2) is 9.47. The highest BCUT2D eigenvalue weighted by molar-refractivity contribution is 7.80. The maximum Gasteiger partial charge on any atom is 0.293 e. The zero-order valence-electron chi connectivity index (χ0n) is 16.8. The van der Waals surface area contributed by atoms with Gasteiger partial charge in [-0.3, -0.25) is 30.3 Å². The number of piperidine rings is 1. The lowest BCUT2D eigenvalue weighted by Gasteiger charge is -2.28. The molecule has 0 bridgehead atoms. The fourth-order valence-electron chi connectivity index (χ4n) is 3.44. The fourth-order valence-corrected chi connectivity index (χ4v) is 3.64. The standard InChI is InChI=1S/C20H21N5O5S/c1-13-5-7-15(17(11-13)24(27)28)21-20(31)22-19(26)14-6-8-16(18(12-14)25(29)30)23-9-3-2-4-10-23/h5-8,11-12H,2-4,9-10H2,1H3,(H2,21,22,26,31). The third-order valence-electron chi connectivity index (χ3n) is 4.96. The van der Waals surface area contributed by atoms with Crippen LogP contribution in [0.2, 0.25) is 0 Å². The molecule has 0 saturated carbocycles. The number of hydrogen-bond acceptors (Lipinski definition) is 7. The van der Waals surface area contributed by atoms with E-state index in [1.165, 1.54) is 24.3 Å². The van der Waals surface area contributed by atoms with Crippen LogP contribution < -0.4 is 15.5 Å². The molecular weight excluding hydrogens is 422 g/mol. The molecule has 31 heavy (non-hydrogen) atoms. The Labute approximate surface area is 183 Å². The van der Waals surface area contributed by atoms with Gasteiger partial charge >= 0.3 is 0 Å². The van der Waals surface area contributed by atoms with Crippen molar-refractivity contribution in [3.63, 3.8) is 0 Å². The Balaban J connectivity index is 1.76. The van der Waals surface area contributed by atoms with Crippen LogP contribution in [0.5, 0.6) is 0 Å². The first kappa shape index (κ1) is 22.1. The molecule has 3 rings (SSSR count). The number of carbonyl (C=O) groups excluding carboxylic acids is 1. The van der Waals surface area contributed by atoms with Crippen molar-refractivity contribution < 1.29 is 14.6 Å². The van der Waals surface area contributed by atoms with Crippen molar-refractivity contribution in [3.8, 4) is 0 Å². The average molecular weight is 443 g/mol. The number of benzene rings is 2. The van der Waals surface area contributed by atoms with Gasteiger partial charge in [-0.1, -0.05) is 6.07 Å². The van der Waals surface area contributed by atoms with Crippen molar-refractivity contribution in [1.29, 1.82) is 0 Å². The lowest BCUT2D eigenvalue weighted by Crippen LogP contribution is -2.34. The zero-order valence-corrected chi connectivity index (χ0v) is 17.6. The second-order valence-corrected chi connectivity index (χ2v) is 7.60. The molecule has 1 heterocycles. The molecule has 0 spiro atoms. The molecule has 2 N–H and O–H groups in total. The van der Waals surface area contributed by atoms with E-state index < -0.39 is 15.8 Å². The molecular formula is C20H21N5O5S.